The van der Waals surface area contributed by atoms with Gasteiger partial charge in [0.2, 0.25) is 17.7 Å². The molecule has 0 fully saturated rings. The summed E-state index contributed by atoms with van der Waals surface area (Å²) in [5.41, 5.74) is 3.35. The Bertz CT molecular complexity index is 1240. The van der Waals surface area contributed by atoms with Gasteiger partial charge in [-0.1, -0.05) is 35.5 Å². The number of carbonyl (C=O) groups excluding carboxylic acids is 1. The molecule has 4 rings (SSSR count). The quantitative estimate of drug-likeness (QED) is 0.338. The molecule has 9 heteroatoms. The summed E-state index contributed by atoms with van der Waals surface area (Å²) in [6.45, 7) is 3.99. The minimum atomic E-state index is -0.250. The first kappa shape index (κ1) is 21.9. The molecule has 1 N–H and O–H groups in total. The number of amides is 1. The third-order valence-electron chi connectivity index (χ3n) is 4.63. The largest absolute Gasteiger partial charge is 0.437 e. The van der Waals surface area contributed by atoms with Crippen molar-refractivity contribution in [2.45, 2.75) is 19.1 Å². The molecule has 162 valence electrons. The molecular weight excluding hydrogens is 448 g/mol. The van der Waals surface area contributed by atoms with Crippen LogP contribution in [-0.4, -0.2) is 26.8 Å². The number of hydrogen-bond acceptors (Lipinski definition) is 7. The van der Waals surface area contributed by atoms with Gasteiger partial charge in [0, 0.05) is 16.8 Å². The summed E-state index contributed by atoms with van der Waals surface area (Å²) in [6.07, 6.45) is 1.61. The van der Waals surface area contributed by atoms with Crippen LogP contribution in [0.3, 0.4) is 0 Å². The molecule has 0 spiro atoms. The lowest BCUT2D eigenvalue weighted by molar-refractivity contribution is -0.113. The van der Waals surface area contributed by atoms with Crippen molar-refractivity contribution in [3.05, 3.63) is 76.9 Å². The molecule has 0 radical (unpaired) electrons. The van der Waals surface area contributed by atoms with Crippen molar-refractivity contribution in [3.8, 4) is 23.1 Å². The van der Waals surface area contributed by atoms with E-state index in [9.17, 15) is 4.79 Å². The SMILES string of the molecule is Cc1cccc(Oc2ncccc2NC(=O)CSc2nnc(-c3ccc(Cl)cc3)o2)c1C. The highest BCUT2D eigenvalue weighted by Gasteiger charge is 2.14. The van der Waals surface area contributed by atoms with Crippen LogP contribution < -0.4 is 10.1 Å². The summed E-state index contributed by atoms with van der Waals surface area (Å²) >= 11 is 7.04. The van der Waals surface area contributed by atoms with Crippen LogP contribution in [-0.2, 0) is 4.79 Å². The molecule has 4 aromatic rings. The molecule has 1 amide bonds. The molecular formula is C23H19ClN4O3S. The fourth-order valence-corrected chi connectivity index (χ4v) is 3.49. The molecule has 0 unspecified atom stereocenters. The van der Waals surface area contributed by atoms with E-state index in [-0.39, 0.29) is 11.7 Å². The van der Waals surface area contributed by atoms with E-state index in [0.717, 1.165) is 28.5 Å². The number of halogens is 1. The molecule has 7 nitrogen and oxygen atoms in total. The first-order valence-corrected chi connectivity index (χ1v) is 11.1. The molecule has 0 atom stereocenters. The van der Waals surface area contributed by atoms with Gasteiger partial charge in [-0.15, -0.1) is 10.2 Å². The van der Waals surface area contributed by atoms with Crippen LogP contribution in [0.25, 0.3) is 11.5 Å². The van der Waals surface area contributed by atoms with Gasteiger partial charge >= 0.3 is 0 Å². The van der Waals surface area contributed by atoms with Crippen molar-refractivity contribution >= 4 is 35.0 Å². The maximum absolute atomic E-state index is 12.5. The Morgan fingerprint density at radius 1 is 1.09 bits per heavy atom. The van der Waals surface area contributed by atoms with Crippen molar-refractivity contribution in [1.29, 1.82) is 0 Å². The van der Waals surface area contributed by atoms with Crippen LogP contribution in [0.15, 0.2) is 70.4 Å². The Balaban J connectivity index is 1.39. The van der Waals surface area contributed by atoms with E-state index < -0.39 is 0 Å². The lowest BCUT2D eigenvalue weighted by Gasteiger charge is -2.13. The number of pyridine rings is 1. The van der Waals surface area contributed by atoms with E-state index in [1.54, 1.807) is 42.6 Å². The molecule has 0 saturated heterocycles. The Labute approximate surface area is 194 Å². The van der Waals surface area contributed by atoms with Crippen LogP contribution in [0.4, 0.5) is 5.69 Å². The highest BCUT2D eigenvalue weighted by molar-refractivity contribution is 7.99. The summed E-state index contributed by atoms with van der Waals surface area (Å²) in [6, 6.07) is 16.3. The number of aryl methyl sites for hydroxylation is 1. The number of carbonyl (C=O) groups is 1. The second kappa shape index (κ2) is 9.84. The number of ether oxygens (including phenoxy) is 1. The predicted molar refractivity (Wildman–Crippen MR) is 124 cm³/mol. The fraction of sp³-hybridized carbons (Fsp3) is 0.130. The summed E-state index contributed by atoms with van der Waals surface area (Å²) in [5.74, 6) is 1.21. The van der Waals surface area contributed by atoms with Crippen molar-refractivity contribution in [2.24, 2.45) is 0 Å². The van der Waals surface area contributed by atoms with E-state index in [1.165, 1.54) is 0 Å². The van der Waals surface area contributed by atoms with Crippen LogP contribution >= 0.6 is 23.4 Å². The molecule has 32 heavy (non-hydrogen) atoms. The maximum Gasteiger partial charge on any atom is 0.277 e. The van der Waals surface area contributed by atoms with E-state index in [4.69, 9.17) is 20.8 Å². The maximum atomic E-state index is 12.5. The second-order valence-electron chi connectivity index (χ2n) is 6.87. The second-order valence-corrected chi connectivity index (χ2v) is 8.24. The zero-order valence-electron chi connectivity index (χ0n) is 17.3. The van der Waals surface area contributed by atoms with Crippen molar-refractivity contribution < 1.29 is 13.9 Å². The lowest BCUT2D eigenvalue weighted by Crippen LogP contribution is -2.15. The van der Waals surface area contributed by atoms with Crippen LogP contribution in [0.5, 0.6) is 11.6 Å². The first-order chi connectivity index (χ1) is 15.5. The van der Waals surface area contributed by atoms with Crippen molar-refractivity contribution in [1.82, 2.24) is 15.2 Å². The smallest absolute Gasteiger partial charge is 0.277 e. The van der Waals surface area contributed by atoms with Gasteiger partial charge in [0.25, 0.3) is 5.22 Å². The third-order valence-corrected chi connectivity index (χ3v) is 5.70. The molecule has 2 heterocycles. The van der Waals surface area contributed by atoms with Gasteiger partial charge < -0.3 is 14.5 Å². The van der Waals surface area contributed by atoms with Crippen molar-refractivity contribution in [2.75, 3.05) is 11.1 Å². The molecule has 0 bridgehead atoms. The summed E-state index contributed by atoms with van der Waals surface area (Å²) in [5, 5.41) is 11.7. The van der Waals surface area contributed by atoms with Gasteiger partial charge in [0.05, 0.1) is 5.75 Å². The summed E-state index contributed by atoms with van der Waals surface area (Å²) < 4.78 is 11.6. The Hall–Kier alpha value is -3.36. The number of benzene rings is 2. The highest BCUT2D eigenvalue weighted by Crippen LogP contribution is 2.30. The van der Waals surface area contributed by atoms with Crippen LogP contribution in [0.2, 0.25) is 5.02 Å². The highest BCUT2D eigenvalue weighted by atomic mass is 35.5. The first-order valence-electron chi connectivity index (χ1n) is 9.71. The number of anilines is 1. The van der Waals surface area contributed by atoms with E-state index in [1.807, 2.05) is 32.0 Å². The molecule has 2 aromatic heterocycles. The molecule has 0 aliphatic carbocycles. The van der Waals surface area contributed by atoms with Gasteiger partial charge in [-0.25, -0.2) is 4.98 Å². The van der Waals surface area contributed by atoms with Crippen molar-refractivity contribution in [3.63, 3.8) is 0 Å². The zero-order valence-corrected chi connectivity index (χ0v) is 18.9. The van der Waals surface area contributed by atoms with Gasteiger partial charge in [-0.2, -0.15) is 0 Å². The number of thioether (sulfide) groups is 1. The van der Waals surface area contributed by atoms with Crippen LogP contribution in [0.1, 0.15) is 11.1 Å². The number of nitrogens with one attached hydrogen (secondary N) is 1. The molecule has 0 aliphatic rings. The number of aromatic nitrogens is 3. The Kier molecular flexibility index (Phi) is 6.72. The minimum Gasteiger partial charge on any atom is -0.437 e. The average molecular weight is 467 g/mol. The third kappa shape index (κ3) is 5.27. The Morgan fingerprint density at radius 2 is 1.91 bits per heavy atom. The summed E-state index contributed by atoms with van der Waals surface area (Å²) in [7, 11) is 0. The topological polar surface area (TPSA) is 90.1 Å². The normalized spacial score (nSPS) is 10.7. The number of hydrogen-bond donors (Lipinski definition) is 1. The van der Waals surface area contributed by atoms with Crippen LogP contribution in [0, 0.1) is 13.8 Å². The molecule has 0 saturated carbocycles. The van der Waals surface area contributed by atoms with Gasteiger partial charge in [0.1, 0.15) is 11.4 Å². The van der Waals surface area contributed by atoms with E-state index in [2.05, 4.69) is 20.5 Å². The zero-order chi connectivity index (χ0) is 22.5. The molecule has 2 aromatic carbocycles. The standard InChI is InChI=1S/C23H19ClN4O3S/c1-14-5-3-7-19(15(14)2)30-22-18(6-4-12-25-22)26-20(29)13-32-23-28-27-21(31-23)16-8-10-17(24)11-9-16/h3-12H,13H2,1-2H3,(H,26,29). The average Bonchev–Trinajstić information content (AvgIpc) is 3.26. The predicted octanol–water partition coefficient (Wildman–Crippen LogP) is 5.92. The molecule has 0 aliphatic heterocycles. The Morgan fingerprint density at radius 3 is 2.72 bits per heavy atom. The lowest BCUT2D eigenvalue weighted by atomic mass is 10.1. The number of nitrogens with zero attached hydrogens (tertiary/aromatic N) is 3. The van der Waals surface area contributed by atoms with E-state index >= 15 is 0 Å². The van der Waals surface area contributed by atoms with Gasteiger partial charge in [-0.05, 0) is 67.4 Å². The van der Waals surface area contributed by atoms with Gasteiger partial charge in [-0.3, -0.25) is 4.79 Å². The fourth-order valence-electron chi connectivity index (χ4n) is 2.80. The van der Waals surface area contributed by atoms with E-state index in [0.29, 0.717) is 33.5 Å². The minimum absolute atomic E-state index is 0.0834. The number of rotatable bonds is 7. The summed E-state index contributed by atoms with van der Waals surface area (Å²) in [4.78, 5) is 16.8. The monoisotopic (exact) mass is 466 g/mol. The van der Waals surface area contributed by atoms with Gasteiger partial charge in [0.15, 0.2) is 0 Å².